The Morgan fingerprint density at radius 3 is 2.21 bits per heavy atom. The quantitative estimate of drug-likeness (QED) is 0.405. The molecule has 2 rings (SSSR count). The van der Waals surface area contributed by atoms with Crippen molar-refractivity contribution >= 4 is 17.7 Å². The molecule has 0 fully saturated rings. The summed E-state index contributed by atoms with van der Waals surface area (Å²) in [5, 5.41) is 15.5. The Kier molecular flexibility index (Phi) is 6.46. The number of carbonyl (C=O) groups is 1. The molecule has 0 saturated carbocycles. The van der Waals surface area contributed by atoms with Gasteiger partial charge in [-0.25, -0.2) is 4.79 Å². The van der Waals surface area contributed by atoms with E-state index in [9.17, 15) is 14.9 Å². The molecule has 0 saturated heterocycles. The second-order valence-electron chi connectivity index (χ2n) is 7.28. The summed E-state index contributed by atoms with van der Waals surface area (Å²) in [6.07, 6.45) is 0.468. The number of carbonyl (C=O) groups excluding carboxylic acids is 1. The number of benzene rings is 2. The zero-order chi connectivity index (χ0) is 20.9. The lowest BCUT2D eigenvalue weighted by Gasteiger charge is -2.32. The first-order valence-electron chi connectivity index (χ1n) is 8.69. The van der Waals surface area contributed by atoms with Crippen molar-refractivity contribution in [3.8, 4) is 0 Å². The summed E-state index contributed by atoms with van der Waals surface area (Å²) in [5.74, 6) is 0. The molecule has 0 spiro atoms. The van der Waals surface area contributed by atoms with Crippen molar-refractivity contribution in [2.24, 2.45) is 0 Å². The maximum atomic E-state index is 12.5. The molecule has 0 aliphatic heterocycles. The maximum absolute atomic E-state index is 12.5. The van der Waals surface area contributed by atoms with Gasteiger partial charge in [0.25, 0.3) is 5.54 Å². The van der Waals surface area contributed by atoms with Crippen LogP contribution in [0.4, 0.5) is 4.79 Å². The molecule has 2 aromatic rings. The van der Waals surface area contributed by atoms with Gasteiger partial charge in [0.05, 0.1) is 0 Å². The van der Waals surface area contributed by atoms with E-state index in [-0.39, 0.29) is 0 Å². The summed E-state index contributed by atoms with van der Waals surface area (Å²) < 4.78 is 5.34. The average molecular weight is 403 g/mol. The van der Waals surface area contributed by atoms with E-state index in [1.54, 1.807) is 75.4 Å². The molecule has 28 heavy (non-hydrogen) atoms. The van der Waals surface area contributed by atoms with Crippen molar-refractivity contribution < 1.29 is 14.5 Å². The SMILES string of the molecule is C=C[C@](c1ccccc1)([C@@H](NC(=O)OC(C)(C)C)c1ccc(Cl)cc1)[N+](=O)[O-]. The first-order chi connectivity index (χ1) is 13.1. The standard InChI is InChI=1S/C21H23ClN2O4/c1-5-21(24(26)27,16-9-7-6-8-10-16)18(15-11-13-17(22)14-12-15)23-19(25)28-20(2,3)4/h5-14,18H,1H2,2-4H3,(H,23,25)/t18-,21-/m0/s1. The lowest BCUT2D eigenvalue weighted by Crippen LogP contribution is -2.49. The van der Waals surface area contributed by atoms with Gasteiger partial charge in [-0.2, -0.15) is 0 Å². The fourth-order valence-corrected chi connectivity index (χ4v) is 3.05. The van der Waals surface area contributed by atoms with E-state index in [0.717, 1.165) is 0 Å². The summed E-state index contributed by atoms with van der Waals surface area (Å²) in [7, 11) is 0. The molecule has 0 aliphatic rings. The number of amides is 1. The van der Waals surface area contributed by atoms with Gasteiger partial charge in [-0.15, -0.1) is 0 Å². The Labute approximate surface area is 169 Å². The van der Waals surface area contributed by atoms with Crippen LogP contribution >= 0.6 is 11.6 Å². The number of alkyl carbamates (subject to hydrolysis) is 1. The number of rotatable bonds is 6. The highest BCUT2D eigenvalue weighted by atomic mass is 35.5. The number of hydrogen-bond donors (Lipinski definition) is 1. The van der Waals surface area contributed by atoms with E-state index in [0.29, 0.717) is 16.1 Å². The average Bonchev–Trinajstić information content (AvgIpc) is 2.62. The molecule has 0 aliphatic carbocycles. The van der Waals surface area contributed by atoms with Crippen LogP contribution in [0.5, 0.6) is 0 Å². The van der Waals surface area contributed by atoms with Gasteiger partial charge in [0.15, 0.2) is 0 Å². The highest BCUT2D eigenvalue weighted by Crippen LogP contribution is 2.40. The first-order valence-corrected chi connectivity index (χ1v) is 9.06. The van der Waals surface area contributed by atoms with Gasteiger partial charge in [-0.3, -0.25) is 10.1 Å². The minimum Gasteiger partial charge on any atom is -0.444 e. The molecule has 6 nitrogen and oxygen atoms in total. The highest BCUT2D eigenvalue weighted by molar-refractivity contribution is 6.30. The van der Waals surface area contributed by atoms with Gasteiger partial charge in [0.2, 0.25) is 0 Å². The van der Waals surface area contributed by atoms with E-state index in [1.165, 1.54) is 6.08 Å². The Bertz CT molecular complexity index is 847. The maximum Gasteiger partial charge on any atom is 0.408 e. The van der Waals surface area contributed by atoms with Gasteiger partial charge < -0.3 is 10.1 Å². The molecule has 2 aromatic carbocycles. The lowest BCUT2D eigenvalue weighted by molar-refractivity contribution is -0.570. The predicted octanol–water partition coefficient (Wildman–Crippen LogP) is 5.26. The minimum atomic E-state index is -1.81. The monoisotopic (exact) mass is 402 g/mol. The molecule has 0 aromatic heterocycles. The summed E-state index contributed by atoms with van der Waals surface area (Å²) in [6.45, 7) is 8.87. The van der Waals surface area contributed by atoms with E-state index >= 15 is 0 Å². The van der Waals surface area contributed by atoms with Crippen molar-refractivity contribution in [2.45, 2.75) is 38.0 Å². The molecule has 0 bridgehead atoms. The molecule has 1 amide bonds. The van der Waals surface area contributed by atoms with Crippen LogP contribution in [0.15, 0.2) is 67.3 Å². The molecule has 2 atom stereocenters. The smallest absolute Gasteiger partial charge is 0.408 e. The predicted molar refractivity (Wildman–Crippen MR) is 109 cm³/mol. The van der Waals surface area contributed by atoms with Crippen molar-refractivity contribution in [3.05, 3.63) is 93.5 Å². The molecule has 0 unspecified atom stereocenters. The van der Waals surface area contributed by atoms with Crippen LogP contribution in [0.1, 0.15) is 37.9 Å². The van der Waals surface area contributed by atoms with Crippen LogP contribution < -0.4 is 5.32 Å². The van der Waals surface area contributed by atoms with Crippen LogP contribution in [0, 0.1) is 10.1 Å². The van der Waals surface area contributed by atoms with E-state index in [2.05, 4.69) is 11.9 Å². The largest absolute Gasteiger partial charge is 0.444 e. The second kappa shape index (κ2) is 8.44. The van der Waals surface area contributed by atoms with Gasteiger partial charge in [0.1, 0.15) is 11.6 Å². The second-order valence-corrected chi connectivity index (χ2v) is 7.72. The first kappa shape index (κ1) is 21.4. The van der Waals surface area contributed by atoms with Gasteiger partial charge in [-0.1, -0.05) is 60.6 Å². The third-order valence-corrected chi connectivity index (χ3v) is 4.41. The van der Waals surface area contributed by atoms with Crippen LogP contribution in [-0.2, 0) is 10.3 Å². The summed E-state index contributed by atoms with van der Waals surface area (Å²) in [4.78, 5) is 24.4. The zero-order valence-electron chi connectivity index (χ0n) is 16.0. The molecule has 0 heterocycles. The van der Waals surface area contributed by atoms with E-state index in [1.807, 2.05) is 0 Å². The molecule has 7 heteroatoms. The number of hydrogen-bond acceptors (Lipinski definition) is 4. The molecule has 1 N–H and O–H groups in total. The van der Waals surface area contributed by atoms with Crippen molar-refractivity contribution in [2.75, 3.05) is 0 Å². The number of nitrogens with zero attached hydrogens (tertiary/aromatic N) is 1. The Morgan fingerprint density at radius 2 is 1.75 bits per heavy atom. The van der Waals surface area contributed by atoms with Gasteiger partial charge in [-0.05, 0) is 44.5 Å². The molecule has 148 valence electrons. The van der Waals surface area contributed by atoms with Crippen LogP contribution in [0.25, 0.3) is 0 Å². The Morgan fingerprint density at radius 1 is 1.18 bits per heavy atom. The fourth-order valence-electron chi connectivity index (χ4n) is 2.92. The van der Waals surface area contributed by atoms with E-state index < -0.39 is 28.2 Å². The number of halogens is 1. The van der Waals surface area contributed by atoms with Crippen LogP contribution in [0.2, 0.25) is 5.02 Å². The molecular weight excluding hydrogens is 380 g/mol. The van der Waals surface area contributed by atoms with Gasteiger partial charge in [0, 0.05) is 15.5 Å². The molecular formula is C21H23ClN2O4. The Balaban J connectivity index is 2.62. The fraction of sp³-hybridized carbons (Fsp3) is 0.286. The normalized spacial score (nSPS) is 14.4. The van der Waals surface area contributed by atoms with Crippen molar-refractivity contribution in [3.63, 3.8) is 0 Å². The number of nitro groups is 1. The number of ether oxygens (including phenoxy) is 1. The van der Waals surface area contributed by atoms with Crippen molar-refractivity contribution in [1.29, 1.82) is 0 Å². The zero-order valence-corrected chi connectivity index (χ0v) is 16.8. The van der Waals surface area contributed by atoms with Crippen LogP contribution in [-0.4, -0.2) is 16.6 Å². The summed E-state index contributed by atoms with van der Waals surface area (Å²) in [6, 6.07) is 13.8. The van der Waals surface area contributed by atoms with E-state index in [4.69, 9.17) is 16.3 Å². The minimum absolute atomic E-state index is 0.381. The molecule has 0 radical (unpaired) electrons. The topological polar surface area (TPSA) is 81.5 Å². The van der Waals surface area contributed by atoms with Crippen LogP contribution in [0.3, 0.4) is 0 Å². The summed E-state index contributed by atoms with van der Waals surface area (Å²) in [5.41, 5.74) is -1.69. The van der Waals surface area contributed by atoms with Gasteiger partial charge >= 0.3 is 6.09 Å². The highest BCUT2D eigenvalue weighted by Gasteiger charge is 2.51. The third kappa shape index (κ3) is 4.70. The number of nitrogens with one attached hydrogen (secondary N) is 1. The lowest BCUT2D eigenvalue weighted by atomic mass is 9.80. The Hall–Kier alpha value is -2.86. The summed E-state index contributed by atoms with van der Waals surface area (Å²) >= 11 is 5.97. The van der Waals surface area contributed by atoms with Crippen molar-refractivity contribution in [1.82, 2.24) is 5.32 Å². The third-order valence-electron chi connectivity index (χ3n) is 4.15.